The normalized spacial score (nSPS) is 18.8. The maximum Gasteiger partial charge on any atom is 0.176 e. The molecule has 2 aromatic rings. The van der Waals surface area contributed by atoms with Crippen LogP contribution in [0.25, 0.3) is 12.2 Å². The molecule has 2 heterocycles. The van der Waals surface area contributed by atoms with Gasteiger partial charge in [0.2, 0.25) is 0 Å². The zero-order valence-corrected chi connectivity index (χ0v) is 21.6. The second kappa shape index (κ2) is 12.9. The van der Waals surface area contributed by atoms with Crippen LogP contribution in [-0.4, -0.2) is 111 Å². The predicted octanol–water partition coefficient (Wildman–Crippen LogP) is 3.27. The Bertz CT molecular complexity index is 972. The average molecular weight is 487 g/mol. The standard InChI is InChI=1S/C30H38N4O2/c1-31-15-19-33(20-16-31)23-29(35)27-11-7-25(8-12-27)5-3-4-6-26-9-13-28(14-10-26)30(36)24-34-21-17-32(2)18-22-34/h3-14H,15-24H2,1-2H3/b5-3+,6-4+. The van der Waals surface area contributed by atoms with Crippen LogP contribution in [0.1, 0.15) is 31.8 Å². The van der Waals surface area contributed by atoms with E-state index in [1.807, 2.05) is 72.8 Å². The highest BCUT2D eigenvalue weighted by molar-refractivity contribution is 5.98. The lowest BCUT2D eigenvalue weighted by atomic mass is 10.1. The van der Waals surface area contributed by atoms with E-state index in [1.165, 1.54) is 0 Å². The lowest BCUT2D eigenvalue weighted by Crippen LogP contribution is -2.46. The number of rotatable bonds is 9. The van der Waals surface area contributed by atoms with Gasteiger partial charge in [0, 0.05) is 63.5 Å². The van der Waals surface area contributed by atoms with Crippen molar-refractivity contribution in [1.29, 1.82) is 0 Å². The molecule has 36 heavy (non-hydrogen) atoms. The monoisotopic (exact) mass is 486 g/mol. The Kier molecular flexibility index (Phi) is 9.36. The zero-order valence-electron chi connectivity index (χ0n) is 21.6. The van der Waals surface area contributed by atoms with Gasteiger partial charge in [-0.3, -0.25) is 19.4 Å². The van der Waals surface area contributed by atoms with Crippen molar-refractivity contribution in [2.24, 2.45) is 0 Å². The highest BCUT2D eigenvalue weighted by atomic mass is 16.1. The third kappa shape index (κ3) is 7.80. The Balaban J connectivity index is 1.23. The average Bonchev–Trinajstić information content (AvgIpc) is 2.90. The van der Waals surface area contributed by atoms with Crippen molar-refractivity contribution in [3.8, 4) is 0 Å². The Morgan fingerprint density at radius 2 is 0.917 bits per heavy atom. The molecular weight excluding hydrogens is 448 g/mol. The number of benzene rings is 2. The van der Waals surface area contributed by atoms with E-state index < -0.39 is 0 Å². The topological polar surface area (TPSA) is 47.1 Å². The summed E-state index contributed by atoms with van der Waals surface area (Å²) in [6.07, 6.45) is 8.04. The largest absolute Gasteiger partial charge is 0.304 e. The molecule has 0 atom stereocenters. The van der Waals surface area contributed by atoms with Crippen molar-refractivity contribution in [3.63, 3.8) is 0 Å². The fourth-order valence-electron chi connectivity index (χ4n) is 4.49. The van der Waals surface area contributed by atoms with Gasteiger partial charge in [0.1, 0.15) is 0 Å². The van der Waals surface area contributed by atoms with E-state index in [0.29, 0.717) is 13.1 Å². The number of nitrogens with zero attached hydrogens (tertiary/aromatic N) is 4. The summed E-state index contributed by atoms with van der Waals surface area (Å²) in [5, 5.41) is 0. The van der Waals surface area contributed by atoms with Gasteiger partial charge < -0.3 is 9.80 Å². The number of hydrogen-bond donors (Lipinski definition) is 0. The SMILES string of the molecule is CN1CCN(CC(=O)c2ccc(/C=C/C=C/c3ccc(C(=O)CN4CCN(C)CC4)cc3)cc2)CC1. The molecule has 6 nitrogen and oxygen atoms in total. The van der Waals surface area contributed by atoms with E-state index in [4.69, 9.17) is 0 Å². The third-order valence-electron chi connectivity index (χ3n) is 7.08. The minimum absolute atomic E-state index is 0.181. The van der Waals surface area contributed by atoms with Gasteiger partial charge in [-0.25, -0.2) is 0 Å². The number of allylic oxidation sites excluding steroid dienone is 2. The number of hydrogen-bond acceptors (Lipinski definition) is 6. The first kappa shape index (κ1) is 26.2. The van der Waals surface area contributed by atoms with Crippen LogP contribution in [0, 0.1) is 0 Å². The molecule has 6 heteroatoms. The molecule has 0 aromatic heterocycles. The highest BCUT2D eigenvalue weighted by Gasteiger charge is 2.18. The van der Waals surface area contributed by atoms with Crippen LogP contribution in [0.4, 0.5) is 0 Å². The van der Waals surface area contributed by atoms with E-state index in [9.17, 15) is 9.59 Å². The van der Waals surface area contributed by atoms with Gasteiger partial charge in [0.25, 0.3) is 0 Å². The van der Waals surface area contributed by atoms with Gasteiger partial charge in [-0.2, -0.15) is 0 Å². The summed E-state index contributed by atoms with van der Waals surface area (Å²) < 4.78 is 0. The summed E-state index contributed by atoms with van der Waals surface area (Å²) in [6, 6.07) is 15.6. The Morgan fingerprint density at radius 1 is 0.583 bits per heavy atom. The van der Waals surface area contributed by atoms with Crippen molar-refractivity contribution in [3.05, 3.63) is 82.9 Å². The molecule has 0 N–H and O–H groups in total. The number of ketones is 2. The fourth-order valence-corrected chi connectivity index (χ4v) is 4.49. The summed E-state index contributed by atoms with van der Waals surface area (Å²) in [7, 11) is 4.24. The summed E-state index contributed by atoms with van der Waals surface area (Å²) >= 11 is 0. The van der Waals surface area contributed by atoms with Crippen molar-refractivity contribution < 1.29 is 9.59 Å². The summed E-state index contributed by atoms with van der Waals surface area (Å²) in [5.74, 6) is 0.362. The second-order valence-electron chi connectivity index (χ2n) is 9.97. The Hall–Kier alpha value is -2.90. The van der Waals surface area contributed by atoms with Crippen LogP contribution < -0.4 is 0 Å². The predicted molar refractivity (Wildman–Crippen MR) is 147 cm³/mol. The van der Waals surface area contributed by atoms with E-state index in [2.05, 4.69) is 33.7 Å². The summed E-state index contributed by atoms with van der Waals surface area (Å²) in [4.78, 5) is 34.2. The first-order valence-electron chi connectivity index (χ1n) is 12.9. The van der Waals surface area contributed by atoms with Crippen LogP contribution in [0.15, 0.2) is 60.7 Å². The van der Waals surface area contributed by atoms with Gasteiger partial charge >= 0.3 is 0 Å². The molecule has 0 amide bonds. The van der Waals surface area contributed by atoms with E-state index in [0.717, 1.165) is 74.6 Å². The second-order valence-corrected chi connectivity index (χ2v) is 9.97. The number of carbonyl (C=O) groups is 2. The van der Waals surface area contributed by atoms with E-state index in [1.54, 1.807) is 0 Å². The Morgan fingerprint density at radius 3 is 1.25 bits per heavy atom. The number of carbonyl (C=O) groups excluding carboxylic acids is 2. The third-order valence-corrected chi connectivity index (χ3v) is 7.08. The maximum atomic E-state index is 12.6. The summed E-state index contributed by atoms with van der Waals surface area (Å²) in [5.41, 5.74) is 3.65. The molecule has 2 aliphatic rings. The minimum atomic E-state index is 0.181. The zero-order chi connectivity index (χ0) is 25.3. The van der Waals surface area contributed by atoms with Crippen molar-refractivity contribution >= 4 is 23.7 Å². The first-order chi connectivity index (χ1) is 17.5. The molecule has 0 radical (unpaired) electrons. The summed E-state index contributed by atoms with van der Waals surface area (Å²) in [6.45, 7) is 8.85. The van der Waals surface area contributed by atoms with Gasteiger partial charge in [-0.15, -0.1) is 0 Å². The maximum absolute atomic E-state index is 12.6. The van der Waals surface area contributed by atoms with Gasteiger partial charge in [-0.05, 0) is 25.2 Å². The molecule has 0 aliphatic carbocycles. The molecule has 0 saturated carbocycles. The Labute approximate surface area is 215 Å². The first-order valence-corrected chi connectivity index (χ1v) is 12.9. The van der Waals surface area contributed by atoms with E-state index >= 15 is 0 Å². The van der Waals surface area contributed by atoms with Crippen LogP contribution in [0.5, 0.6) is 0 Å². The fraction of sp³-hybridized carbons (Fsp3) is 0.400. The van der Waals surface area contributed by atoms with Gasteiger partial charge in [0.05, 0.1) is 13.1 Å². The lowest BCUT2D eigenvalue weighted by Gasteiger charge is -2.31. The van der Waals surface area contributed by atoms with Crippen LogP contribution in [-0.2, 0) is 0 Å². The molecular formula is C30H38N4O2. The molecule has 2 saturated heterocycles. The molecule has 4 rings (SSSR count). The minimum Gasteiger partial charge on any atom is -0.304 e. The molecule has 0 spiro atoms. The molecule has 190 valence electrons. The van der Waals surface area contributed by atoms with Crippen molar-refractivity contribution in [2.75, 3.05) is 79.5 Å². The highest BCUT2D eigenvalue weighted by Crippen LogP contribution is 2.11. The van der Waals surface area contributed by atoms with Gasteiger partial charge in [-0.1, -0.05) is 72.8 Å². The van der Waals surface area contributed by atoms with Crippen molar-refractivity contribution in [1.82, 2.24) is 19.6 Å². The molecule has 2 aliphatic heterocycles. The number of Topliss-reactive ketones (excluding diaryl/α,β-unsaturated/α-hetero) is 2. The van der Waals surface area contributed by atoms with Crippen LogP contribution >= 0.6 is 0 Å². The van der Waals surface area contributed by atoms with Crippen LogP contribution in [0.2, 0.25) is 0 Å². The molecule has 0 bridgehead atoms. The molecule has 2 fully saturated rings. The quantitative estimate of drug-likeness (QED) is 0.401. The number of piperazine rings is 2. The van der Waals surface area contributed by atoms with E-state index in [-0.39, 0.29) is 11.6 Å². The number of likely N-dealkylation sites (N-methyl/N-ethyl adjacent to an activating group) is 2. The van der Waals surface area contributed by atoms with Gasteiger partial charge in [0.15, 0.2) is 11.6 Å². The molecule has 0 unspecified atom stereocenters. The van der Waals surface area contributed by atoms with Crippen molar-refractivity contribution in [2.45, 2.75) is 0 Å². The van der Waals surface area contributed by atoms with Crippen LogP contribution in [0.3, 0.4) is 0 Å². The lowest BCUT2D eigenvalue weighted by molar-refractivity contribution is 0.0869. The molecule has 2 aromatic carbocycles. The smallest absolute Gasteiger partial charge is 0.176 e.